The molecule has 0 atom stereocenters. The SMILES string of the molecule is CCOC(=O)Oc1ccc(O)c(N)c1. The Balaban J connectivity index is 2.68. The van der Waals surface area contributed by atoms with E-state index in [4.69, 9.17) is 15.6 Å². The summed E-state index contributed by atoms with van der Waals surface area (Å²) in [6.45, 7) is 1.92. The molecule has 0 saturated carbocycles. The van der Waals surface area contributed by atoms with Crippen LogP contribution in [0.5, 0.6) is 11.5 Å². The van der Waals surface area contributed by atoms with Gasteiger partial charge in [-0.2, -0.15) is 0 Å². The van der Waals surface area contributed by atoms with Gasteiger partial charge in [0.15, 0.2) is 0 Å². The number of hydrogen-bond donors (Lipinski definition) is 2. The largest absolute Gasteiger partial charge is 0.513 e. The van der Waals surface area contributed by atoms with E-state index in [1.165, 1.54) is 18.2 Å². The number of rotatable bonds is 2. The van der Waals surface area contributed by atoms with Crippen LogP contribution in [-0.2, 0) is 4.74 Å². The van der Waals surface area contributed by atoms with Crippen molar-refractivity contribution in [2.45, 2.75) is 6.92 Å². The molecule has 5 heteroatoms. The Bertz CT molecular complexity index is 338. The monoisotopic (exact) mass is 197 g/mol. The van der Waals surface area contributed by atoms with E-state index >= 15 is 0 Å². The number of carbonyl (C=O) groups is 1. The van der Waals surface area contributed by atoms with E-state index in [-0.39, 0.29) is 23.8 Å². The molecule has 1 aromatic carbocycles. The van der Waals surface area contributed by atoms with Crippen LogP contribution < -0.4 is 10.5 Å². The van der Waals surface area contributed by atoms with Gasteiger partial charge in [0.1, 0.15) is 11.5 Å². The van der Waals surface area contributed by atoms with Crippen LogP contribution >= 0.6 is 0 Å². The number of benzene rings is 1. The topological polar surface area (TPSA) is 81.8 Å². The number of carbonyl (C=O) groups excluding carboxylic acids is 1. The summed E-state index contributed by atoms with van der Waals surface area (Å²) in [4.78, 5) is 10.9. The molecule has 76 valence electrons. The number of phenols is 1. The number of aromatic hydroxyl groups is 1. The number of anilines is 1. The lowest BCUT2D eigenvalue weighted by molar-refractivity contribution is 0.104. The summed E-state index contributed by atoms with van der Waals surface area (Å²) >= 11 is 0. The molecule has 5 nitrogen and oxygen atoms in total. The first-order chi connectivity index (χ1) is 6.63. The average molecular weight is 197 g/mol. The van der Waals surface area contributed by atoms with Crippen LogP contribution in [0.4, 0.5) is 10.5 Å². The van der Waals surface area contributed by atoms with E-state index in [2.05, 4.69) is 4.74 Å². The molecule has 0 radical (unpaired) electrons. The molecule has 0 aromatic heterocycles. The van der Waals surface area contributed by atoms with Crippen LogP contribution in [0.15, 0.2) is 18.2 Å². The first-order valence-corrected chi connectivity index (χ1v) is 4.06. The number of phenolic OH excluding ortho intramolecular Hbond substituents is 1. The summed E-state index contributed by atoms with van der Waals surface area (Å²) in [7, 11) is 0. The maximum Gasteiger partial charge on any atom is 0.513 e. The standard InChI is InChI=1S/C9H11NO4/c1-2-13-9(12)14-6-3-4-8(11)7(10)5-6/h3-5,11H,2,10H2,1H3. The summed E-state index contributed by atoms with van der Waals surface area (Å²) in [6.07, 6.45) is -0.794. The van der Waals surface area contributed by atoms with Crippen molar-refractivity contribution in [1.82, 2.24) is 0 Å². The minimum atomic E-state index is -0.794. The van der Waals surface area contributed by atoms with Crippen molar-refractivity contribution in [1.29, 1.82) is 0 Å². The van der Waals surface area contributed by atoms with Gasteiger partial charge in [0, 0.05) is 6.07 Å². The highest BCUT2D eigenvalue weighted by Gasteiger charge is 2.06. The fourth-order valence-electron chi connectivity index (χ4n) is 0.840. The van der Waals surface area contributed by atoms with Crippen molar-refractivity contribution >= 4 is 11.8 Å². The summed E-state index contributed by atoms with van der Waals surface area (Å²) in [5.74, 6) is 0.181. The number of nitrogens with two attached hydrogens (primary N) is 1. The highest BCUT2D eigenvalue weighted by molar-refractivity contribution is 5.65. The van der Waals surface area contributed by atoms with Gasteiger partial charge in [-0.05, 0) is 19.1 Å². The van der Waals surface area contributed by atoms with Gasteiger partial charge in [0.05, 0.1) is 12.3 Å². The summed E-state index contributed by atoms with van der Waals surface area (Å²) in [5.41, 5.74) is 5.53. The van der Waals surface area contributed by atoms with Gasteiger partial charge in [-0.1, -0.05) is 0 Å². The lowest BCUT2D eigenvalue weighted by Gasteiger charge is -2.05. The third kappa shape index (κ3) is 2.55. The highest BCUT2D eigenvalue weighted by Crippen LogP contribution is 2.24. The highest BCUT2D eigenvalue weighted by atomic mass is 16.7. The Morgan fingerprint density at radius 3 is 2.86 bits per heavy atom. The smallest absolute Gasteiger partial charge is 0.506 e. The minimum Gasteiger partial charge on any atom is -0.506 e. The lowest BCUT2D eigenvalue weighted by Crippen LogP contribution is -2.10. The van der Waals surface area contributed by atoms with Crippen molar-refractivity contribution in [3.05, 3.63) is 18.2 Å². The molecule has 0 unspecified atom stereocenters. The molecule has 0 aliphatic rings. The molecule has 1 aromatic rings. The molecule has 3 N–H and O–H groups in total. The number of hydrogen-bond acceptors (Lipinski definition) is 5. The molecule has 0 saturated heterocycles. The maximum absolute atomic E-state index is 10.9. The fraction of sp³-hybridized carbons (Fsp3) is 0.222. The molecule has 0 bridgehead atoms. The van der Waals surface area contributed by atoms with Gasteiger partial charge in [-0.3, -0.25) is 0 Å². The van der Waals surface area contributed by atoms with Crippen LogP contribution in [0, 0.1) is 0 Å². The summed E-state index contributed by atoms with van der Waals surface area (Å²) in [5, 5.41) is 9.08. The van der Waals surface area contributed by atoms with Gasteiger partial charge < -0.3 is 20.3 Å². The van der Waals surface area contributed by atoms with Crippen LogP contribution in [0.2, 0.25) is 0 Å². The Morgan fingerprint density at radius 1 is 1.57 bits per heavy atom. The van der Waals surface area contributed by atoms with Gasteiger partial charge in [-0.25, -0.2) is 4.79 Å². The summed E-state index contributed by atoms with van der Waals surface area (Å²) in [6, 6.07) is 4.10. The van der Waals surface area contributed by atoms with Crippen molar-refractivity contribution in [2.24, 2.45) is 0 Å². The second-order valence-corrected chi connectivity index (χ2v) is 2.51. The molecule has 0 fully saturated rings. The Kier molecular flexibility index (Phi) is 3.17. The summed E-state index contributed by atoms with van der Waals surface area (Å²) < 4.78 is 9.29. The fourth-order valence-corrected chi connectivity index (χ4v) is 0.840. The maximum atomic E-state index is 10.9. The molecular weight excluding hydrogens is 186 g/mol. The second-order valence-electron chi connectivity index (χ2n) is 2.51. The van der Waals surface area contributed by atoms with E-state index in [1.807, 2.05) is 0 Å². The normalized spacial score (nSPS) is 9.50. The van der Waals surface area contributed by atoms with Gasteiger partial charge in [0.2, 0.25) is 0 Å². The quantitative estimate of drug-likeness (QED) is 0.325. The van der Waals surface area contributed by atoms with Crippen molar-refractivity contribution in [3.8, 4) is 11.5 Å². The minimum absolute atomic E-state index is 0.0544. The molecule has 0 aliphatic carbocycles. The van der Waals surface area contributed by atoms with Crippen molar-refractivity contribution < 1.29 is 19.4 Å². The molecule has 0 aliphatic heterocycles. The van der Waals surface area contributed by atoms with E-state index < -0.39 is 6.16 Å². The molecule has 0 spiro atoms. The second kappa shape index (κ2) is 4.36. The first-order valence-electron chi connectivity index (χ1n) is 4.06. The molecule has 14 heavy (non-hydrogen) atoms. The first kappa shape index (κ1) is 10.2. The van der Waals surface area contributed by atoms with E-state index in [0.29, 0.717) is 0 Å². The van der Waals surface area contributed by atoms with Crippen molar-refractivity contribution in [3.63, 3.8) is 0 Å². The lowest BCUT2D eigenvalue weighted by atomic mass is 10.3. The molecule has 1 rings (SSSR count). The molecule has 0 amide bonds. The Morgan fingerprint density at radius 2 is 2.29 bits per heavy atom. The van der Waals surface area contributed by atoms with Crippen LogP contribution in [0.25, 0.3) is 0 Å². The van der Waals surface area contributed by atoms with Gasteiger partial charge in [0.25, 0.3) is 0 Å². The third-order valence-electron chi connectivity index (χ3n) is 1.46. The zero-order valence-corrected chi connectivity index (χ0v) is 7.69. The Labute approximate surface area is 81.0 Å². The third-order valence-corrected chi connectivity index (χ3v) is 1.46. The van der Waals surface area contributed by atoms with E-state index in [9.17, 15) is 4.79 Å². The van der Waals surface area contributed by atoms with Crippen LogP contribution in [0.3, 0.4) is 0 Å². The average Bonchev–Trinajstić information content (AvgIpc) is 2.12. The molecule has 0 heterocycles. The zero-order valence-electron chi connectivity index (χ0n) is 7.69. The van der Waals surface area contributed by atoms with Crippen molar-refractivity contribution in [2.75, 3.05) is 12.3 Å². The zero-order chi connectivity index (χ0) is 10.6. The van der Waals surface area contributed by atoms with Crippen LogP contribution in [-0.4, -0.2) is 17.9 Å². The van der Waals surface area contributed by atoms with Gasteiger partial charge in [-0.15, -0.1) is 0 Å². The number of ether oxygens (including phenoxy) is 2. The van der Waals surface area contributed by atoms with Gasteiger partial charge >= 0.3 is 6.16 Å². The predicted octanol–water partition coefficient (Wildman–Crippen LogP) is 1.51. The van der Waals surface area contributed by atoms with E-state index in [0.717, 1.165) is 0 Å². The van der Waals surface area contributed by atoms with E-state index in [1.54, 1.807) is 6.92 Å². The molecular formula is C9H11NO4. The number of nitrogen functional groups attached to an aromatic ring is 1. The Hall–Kier alpha value is -1.91. The predicted molar refractivity (Wildman–Crippen MR) is 50.2 cm³/mol. The van der Waals surface area contributed by atoms with Crippen LogP contribution in [0.1, 0.15) is 6.92 Å².